The van der Waals surface area contributed by atoms with Crippen molar-refractivity contribution in [2.24, 2.45) is 0 Å². The van der Waals surface area contributed by atoms with Gasteiger partial charge >= 0.3 is 0 Å². The van der Waals surface area contributed by atoms with Gasteiger partial charge in [0.05, 0.1) is 0 Å². The third-order valence-electron chi connectivity index (χ3n) is 2.53. The van der Waals surface area contributed by atoms with Gasteiger partial charge in [0.1, 0.15) is 5.82 Å². The minimum absolute atomic E-state index is 0.178. The predicted molar refractivity (Wildman–Crippen MR) is 63.8 cm³/mol. The lowest BCUT2D eigenvalue weighted by atomic mass is 10.1. The van der Waals surface area contributed by atoms with Crippen molar-refractivity contribution < 1.29 is 4.39 Å². The molecule has 0 saturated carbocycles. The average Bonchev–Trinajstić information content (AvgIpc) is 2.61. The Bertz CT molecular complexity index is 454. The van der Waals surface area contributed by atoms with Gasteiger partial charge in [-0.1, -0.05) is 19.1 Å². The highest BCUT2D eigenvalue weighted by Crippen LogP contribution is 2.31. The molecule has 2 heteroatoms. The van der Waals surface area contributed by atoms with E-state index in [9.17, 15) is 4.39 Å². The van der Waals surface area contributed by atoms with Crippen LogP contribution in [0.15, 0.2) is 30.3 Å². The number of rotatable bonds is 2. The van der Waals surface area contributed by atoms with E-state index in [1.54, 1.807) is 11.3 Å². The van der Waals surface area contributed by atoms with Crippen LogP contribution in [0.3, 0.4) is 0 Å². The summed E-state index contributed by atoms with van der Waals surface area (Å²) in [4.78, 5) is 2.58. The minimum Gasteiger partial charge on any atom is -0.207 e. The molecule has 0 radical (unpaired) electrons. The van der Waals surface area contributed by atoms with E-state index in [-0.39, 0.29) is 5.82 Å². The van der Waals surface area contributed by atoms with E-state index in [1.165, 1.54) is 27.5 Å². The van der Waals surface area contributed by atoms with E-state index in [2.05, 4.69) is 19.9 Å². The van der Waals surface area contributed by atoms with Crippen LogP contribution in [0, 0.1) is 12.7 Å². The molecule has 0 atom stereocenters. The maximum absolute atomic E-state index is 12.8. The summed E-state index contributed by atoms with van der Waals surface area (Å²) in [6.07, 6.45) is 1.06. The molecule has 0 saturated heterocycles. The van der Waals surface area contributed by atoms with Gasteiger partial charge in [-0.25, -0.2) is 4.39 Å². The second-order valence-corrected chi connectivity index (χ2v) is 4.81. The molecule has 1 aromatic heterocycles. The molecule has 0 aliphatic carbocycles. The number of halogens is 1. The highest BCUT2D eigenvalue weighted by molar-refractivity contribution is 7.15. The molecule has 15 heavy (non-hydrogen) atoms. The number of thiophene rings is 1. The Hall–Kier alpha value is -1.15. The molecule has 78 valence electrons. The summed E-state index contributed by atoms with van der Waals surface area (Å²) in [5.41, 5.74) is 2.49. The monoisotopic (exact) mass is 220 g/mol. The molecular weight excluding hydrogens is 207 g/mol. The van der Waals surface area contributed by atoms with Gasteiger partial charge in [0.25, 0.3) is 0 Å². The lowest BCUT2D eigenvalue weighted by molar-refractivity contribution is 0.628. The van der Waals surface area contributed by atoms with E-state index in [0.717, 1.165) is 12.0 Å². The largest absolute Gasteiger partial charge is 0.207 e. The molecule has 2 aromatic rings. The van der Waals surface area contributed by atoms with Crippen LogP contribution in [0.5, 0.6) is 0 Å². The Morgan fingerprint density at radius 1 is 1.20 bits per heavy atom. The Morgan fingerprint density at radius 2 is 1.87 bits per heavy atom. The summed E-state index contributed by atoms with van der Waals surface area (Å²) < 4.78 is 12.8. The molecule has 0 bridgehead atoms. The fourth-order valence-corrected chi connectivity index (χ4v) is 2.75. The van der Waals surface area contributed by atoms with E-state index in [4.69, 9.17) is 0 Å². The summed E-state index contributed by atoms with van der Waals surface area (Å²) in [5, 5.41) is 0. The second kappa shape index (κ2) is 4.15. The summed E-state index contributed by atoms with van der Waals surface area (Å²) in [6, 6.07) is 8.89. The smallest absolute Gasteiger partial charge is 0.123 e. The fraction of sp³-hybridized carbons (Fsp3) is 0.231. The van der Waals surface area contributed by atoms with E-state index < -0.39 is 0 Å². The first-order chi connectivity index (χ1) is 7.20. The van der Waals surface area contributed by atoms with Gasteiger partial charge in [0, 0.05) is 9.75 Å². The standard InChI is InChI=1S/C13H13FS/c1-3-10-8-13(15-9(10)2)11-4-6-12(14)7-5-11/h4-8H,3H2,1-2H3. The van der Waals surface area contributed by atoms with Crippen molar-refractivity contribution in [2.75, 3.05) is 0 Å². The molecule has 1 heterocycles. The predicted octanol–water partition coefficient (Wildman–Crippen LogP) is 4.43. The molecule has 0 aliphatic rings. The van der Waals surface area contributed by atoms with Crippen molar-refractivity contribution in [3.63, 3.8) is 0 Å². The highest BCUT2D eigenvalue weighted by atomic mass is 32.1. The van der Waals surface area contributed by atoms with Gasteiger partial charge in [-0.3, -0.25) is 0 Å². The Labute approximate surface area is 93.4 Å². The first-order valence-corrected chi connectivity index (χ1v) is 5.87. The van der Waals surface area contributed by atoms with Crippen LogP contribution in [-0.2, 0) is 6.42 Å². The van der Waals surface area contributed by atoms with Gasteiger partial charge in [-0.2, -0.15) is 0 Å². The number of aryl methyl sites for hydroxylation is 2. The topological polar surface area (TPSA) is 0 Å². The Morgan fingerprint density at radius 3 is 2.40 bits per heavy atom. The van der Waals surface area contributed by atoms with Crippen molar-refractivity contribution in [2.45, 2.75) is 20.3 Å². The molecule has 1 aromatic carbocycles. The van der Waals surface area contributed by atoms with Crippen LogP contribution in [0.25, 0.3) is 10.4 Å². The third kappa shape index (κ3) is 2.10. The SMILES string of the molecule is CCc1cc(-c2ccc(F)cc2)sc1C. The average molecular weight is 220 g/mol. The first kappa shape index (κ1) is 10.4. The zero-order valence-corrected chi connectivity index (χ0v) is 9.70. The van der Waals surface area contributed by atoms with Crippen molar-refractivity contribution in [3.05, 3.63) is 46.6 Å². The van der Waals surface area contributed by atoms with Crippen LogP contribution in [0.4, 0.5) is 4.39 Å². The number of hydrogen-bond donors (Lipinski definition) is 0. The van der Waals surface area contributed by atoms with Crippen molar-refractivity contribution in [1.29, 1.82) is 0 Å². The molecule has 0 fully saturated rings. The molecule has 0 N–H and O–H groups in total. The zero-order valence-electron chi connectivity index (χ0n) is 8.88. The molecule has 0 spiro atoms. The lowest BCUT2D eigenvalue weighted by Gasteiger charge is -1.95. The Kier molecular flexibility index (Phi) is 2.87. The second-order valence-electron chi connectivity index (χ2n) is 3.55. The summed E-state index contributed by atoms with van der Waals surface area (Å²) in [7, 11) is 0. The molecule has 0 aliphatic heterocycles. The van der Waals surface area contributed by atoms with Crippen LogP contribution >= 0.6 is 11.3 Å². The summed E-state index contributed by atoms with van der Waals surface area (Å²) in [5.74, 6) is -0.178. The van der Waals surface area contributed by atoms with Crippen LogP contribution < -0.4 is 0 Å². The van der Waals surface area contributed by atoms with E-state index in [1.807, 2.05) is 12.1 Å². The van der Waals surface area contributed by atoms with Crippen molar-refractivity contribution in [1.82, 2.24) is 0 Å². The van der Waals surface area contributed by atoms with E-state index in [0.29, 0.717) is 0 Å². The van der Waals surface area contributed by atoms with Crippen LogP contribution in [-0.4, -0.2) is 0 Å². The maximum Gasteiger partial charge on any atom is 0.123 e. The molecular formula is C13H13FS. The highest BCUT2D eigenvalue weighted by Gasteiger charge is 2.05. The van der Waals surface area contributed by atoms with Crippen molar-refractivity contribution in [3.8, 4) is 10.4 Å². The van der Waals surface area contributed by atoms with Gasteiger partial charge in [0.2, 0.25) is 0 Å². The molecule has 2 rings (SSSR count). The summed E-state index contributed by atoms with van der Waals surface area (Å²) >= 11 is 1.78. The normalized spacial score (nSPS) is 10.6. The summed E-state index contributed by atoms with van der Waals surface area (Å²) in [6.45, 7) is 4.29. The lowest BCUT2D eigenvalue weighted by Crippen LogP contribution is -1.76. The quantitative estimate of drug-likeness (QED) is 0.702. The van der Waals surface area contributed by atoms with Gasteiger partial charge < -0.3 is 0 Å². The molecule has 0 amide bonds. The molecule has 0 nitrogen and oxygen atoms in total. The van der Waals surface area contributed by atoms with Crippen molar-refractivity contribution >= 4 is 11.3 Å². The Balaban J connectivity index is 2.41. The zero-order chi connectivity index (χ0) is 10.8. The van der Waals surface area contributed by atoms with Gasteiger partial charge in [-0.15, -0.1) is 11.3 Å². The maximum atomic E-state index is 12.8. The van der Waals surface area contributed by atoms with E-state index >= 15 is 0 Å². The fourth-order valence-electron chi connectivity index (χ4n) is 1.63. The van der Waals surface area contributed by atoms with Crippen LogP contribution in [0.1, 0.15) is 17.4 Å². The first-order valence-electron chi connectivity index (χ1n) is 5.06. The van der Waals surface area contributed by atoms with Crippen LogP contribution in [0.2, 0.25) is 0 Å². The van der Waals surface area contributed by atoms with Gasteiger partial charge in [-0.05, 0) is 42.7 Å². The third-order valence-corrected chi connectivity index (χ3v) is 3.67. The minimum atomic E-state index is -0.178. The number of hydrogen-bond acceptors (Lipinski definition) is 1. The van der Waals surface area contributed by atoms with Gasteiger partial charge in [0.15, 0.2) is 0 Å². The molecule has 0 unspecified atom stereocenters. The number of benzene rings is 1.